The van der Waals surface area contributed by atoms with Gasteiger partial charge in [-0.05, 0) is 18.6 Å². The van der Waals surface area contributed by atoms with Crippen molar-refractivity contribution >= 4 is 18.1 Å². The average molecular weight is 347 g/mol. The van der Waals surface area contributed by atoms with Crippen molar-refractivity contribution in [3.05, 3.63) is 17.8 Å². The number of hydrogen-bond acceptors (Lipinski definition) is 5. The third-order valence-electron chi connectivity index (χ3n) is 3.24. The smallest absolute Gasteiger partial charge is 0.358 e. The van der Waals surface area contributed by atoms with Crippen LogP contribution in [0.3, 0.4) is 0 Å². The van der Waals surface area contributed by atoms with Crippen molar-refractivity contribution in [1.29, 1.82) is 0 Å². The van der Waals surface area contributed by atoms with Gasteiger partial charge >= 0.3 is 6.18 Å². The molecule has 0 fully saturated rings. The van der Waals surface area contributed by atoms with E-state index in [0.717, 1.165) is 31.4 Å². The molecule has 24 heavy (non-hydrogen) atoms. The van der Waals surface area contributed by atoms with Gasteiger partial charge in [0.1, 0.15) is 0 Å². The third-order valence-corrected chi connectivity index (χ3v) is 3.24. The van der Waals surface area contributed by atoms with Gasteiger partial charge in [-0.15, -0.1) is 10.2 Å². The second-order valence-electron chi connectivity index (χ2n) is 5.13. The average Bonchev–Trinajstić information content (AvgIpc) is 2.55. The first kappa shape index (κ1) is 19.7. The minimum absolute atomic E-state index is 0.0213. The number of alkyl halides is 3. The van der Waals surface area contributed by atoms with Crippen LogP contribution in [-0.4, -0.2) is 29.1 Å². The Bertz CT molecular complexity index is 522. The van der Waals surface area contributed by atoms with E-state index in [0.29, 0.717) is 12.8 Å². The Balaban J connectivity index is 2.55. The van der Waals surface area contributed by atoms with Crippen LogP contribution in [0.1, 0.15) is 38.3 Å². The molecule has 1 aromatic heterocycles. The second kappa shape index (κ2) is 9.68. The fourth-order valence-corrected chi connectivity index (χ4v) is 1.93. The zero-order valence-corrected chi connectivity index (χ0v) is 13.2. The number of carbonyl (C=O) groups is 2. The van der Waals surface area contributed by atoms with Crippen LogP contribution in [0.25, 0.3) is 0 Å². The molecule has 0 radical (unpaired) electrons. The summed E-state index contributed by atoms with van der Waals surface area (Å²) in [4.78, 5) is 22.5. The fraction of sp³-hybridized carbons (Fsp3) is 0.571. The first-order chi connectivity index (χ1) is 11.4. The Labute approximate surface area is 137 Å². The first-order valence-corrected chi connectivity index (χ1v) is 7.52. The second-order valence-corrected chi connectivity index (χ2v) is 5.13. The molecule has 1 heterocycles. The normalized spacial score (nSPS) is 12.3. The molecule has 0 aromatic carbocycles. The van der Waals surface area contributed by atoms with E-state index in [1.807, 2.05) is 6.92 Å². The van der Waals surface area contributed by atoms with Gasteiger partial charge in [-0.2, -0.15) is 13.2 Å². The zero-order valence-electron chi connectivity index (χ0n) is 13.2. The lowest BCUT2D eigenvalue weighted by Gasteiger charge is -2.16. The number of anilines is 1. The van der Waals surface area contributed by atoms with Crippen LogP contribution in [0.2, 0.25) is 0 Å². The summed E-state index contributed by atoms with van der Waals surface area (Å²) in [5, 5.41) is 8.84. The molecular formula is C14H20F3N5O2. The van der Waals surface area contributed by atoms with Gasteiger partial charge in [0.15, 0.2) is 11.5 Å². The largest absolute Gasteiger partial charge is 0.435 e. The van der Waals surface area contributed by atoms with Gasteiger partial charge in [0.25, 0.3) is 0 Å². The molecule has 0 unspecified atom stereocenters. The van der Waals surface area contributed by atoms with Crippen molar-refractivity contribution in [3.8, 4) is 0 Å². The molecule has 1 rings (SSSR count). The van der Waals surface area contributed by atoms with E-state index in [-0.39, 0.29) is 18.3 Å². The highest BCUT2D eigenvalue weighted by molar-refractivity contribution is 5.80. The monoisotopic (exact) mass is 347 g/mol. The lowest BCUT2D eigenvalue weighted by molar-refractivity contribution is -0.141. The first-order valence-electron chi connectivity index (χ1n) is 7.52. The van der Waals surface area contributed by atoms with Crippen LogP contribution in [0.5, 0.6) is 0 Å². The lowest BCUT2D eigenvalue weighted by atomic mass is 10.0. The van der Waals surface area contributed by atoms with E-state index in [9.17, 15) is 22.8 Å². The summed E-state index contributed by atoms with van der Waals surface area (Å²) >= 11 is 0. The molecule has 1 atom stereocenters. The van der Waals surface area contributed by atoms with E-state index in [2.05, 4.69) is 26.4 Å². The summed E-state index contributed by atoms with van der Waals surface area (Å²) in [6, 6.07) is 1.82. The van der Waals surface area contributed by atoms with Crippen molar-refractivity contribution in [2.75, 3.05) is 12.0 Å². The summed E-state index contributed by atoms with van der Waals surface area (Å²) in [7, 11) is 0. The molecule has 0 bridgehead atoms. The standard InChI is InChI=1S/C14H20F3N5O2/c1-2-3-4-5-10(8-18-9-23)13(24)22-21-12-7-6-11(19-20-12)14(15,16)17/h6-7,9-10H,2-5,8H2,1H3,(H,18,23)(H,20,21)(H,22,24)/t10-/m1/s1. The molecule has 1 aromatic rings. The highest BCUT2D eigenvalue weighted by Gasteiger charge is 2.32. The number of nitrogens with one attached hydrogen (secondary N) is 3. The summed E-state index contributed by atoms with van der Waals surface area (Å²) < 4.78 is 37.1. The van der Waals surface area contributed by atoms with Crippen molar-refractivity contribution in [2.45, 2.75) is 38.8 Å². The van der Waals surface area contributed by atoms with Crippen molar-refractivity contribution < 1.29 is 22.8 Å². The Hall–Kier alpha value is -2.39. The van der Waals surface area contributed by atoms with Gasteiger partial charge in [-0.3, -0.25) is 20.4 Å². The highest BCUT2D eigenvalue weighted by Crippen LogP contribution is 2.26. The van der Waals surface area contributed by atoms with Crippen molar-refractivity contribution in [1.82, 2.24) is 20.9 Å². The maximum Gasteiger partial charge on any atom is 0.435 e. The van der Waals surface area contributed by atoms with Crippen molar-refractivity contribution in [2.24, 2.45) is 5.92 Å². The molecule has 3 N–H and O–H groups in total. The molecule has 10 heteroatoms. The number of halogens is 3. The van der Waals surface area contributed by atoms with Crippen LogP contribution in [0.4, 0.5) is 19.0 Å². The number of hydrazine groups is 1. The maximum absolute atomic E-state index is 12.4. The minimum atomic E-state index is -4.57. The fourth-order valence-electron chi connectivity index (χ4n) is 1.93. The number of carbonyl (C=O) groups excluding carboxylic acids is 2. The molecular weight excluding hydrogens is 327 g/mol. The summed E-state index contributed by atoms with van der Waals surface area (Å²) in [5.41, 5.74) is 3.66. The topological polar surface area (TPSA) is 96.0 Å². The van der Waals surface area contributed by atoms with Crippen LogP contribution < -0.4 is 16.2 Å². The molecule has 2 amide bonds. The number of aromatic nitrogens is 2. The Morgan fingerprint density at radius 3 is 2.58 bits per heavy atom. The molecule has 0 saturated heterocycles. The van der Waals surface area contributed by atoms with E-state index < -0.39 is 17.8 Å². The lowest BCUT2D eigenvalue weighted by Crippen LogP contribution is -2.39. The van der Waals surface area contributed by atoms with E-state index in [1.54, 1.807) is 0 Å². The van der Waals surface area contributed by atoms with Gasteiger partial charge in [0.05, 0.1) is 5.92 Å². The molecule has 134 valence electrons. The van der Waals surface area contributed by atoms with E-state index in [1.165, 1.54) is 0 Å². The van der Waals surface area contributed by atoms with Crippen LogP contribution >= 0.6 is 0 Å². The van der Waals surface area contributed by atoms with Crippen LogP contribution in [0.15, 0.2) is 12.1 Å². The summed E-state index contributed by atoms with van der Waals surface area (Å²) in [6.45, 7) is 2.21. The minimum Gasteiger partial charge on any atom is -0.358 e. The Kier molecular flexibility index (Phi) is 7.93. The van der Waals surface area contributed by atoms with Gasteiger partial charge in [-0.25, -0.2) is 0 Å². The summed E-state index contributed by atoms with van der Waals surface area (Å²) in [6.07, 6.45) is -0.692. The number of amides is 2. The van der Waals surface area contributed by atoms with Gasteiger partial charge in [-0.1, -0.05) is 26.2 Å². The predicted octanol–water partition coefficient (Wildman–Crippen LogP) is 1.88. The molecule has 0 aliphatic rings. The molecule has 0 aliphatic carbocycles. The number of unbranched alkanes of at least 4 members (excludes halogenated alkanes) is 2. The van der Waals surface area contributed by atoms with Crippen LogP contribution in [0, 0.1) is 5.92 Å². The number of rotatable bonds is 10. The summed E-state index contributed by atoms with van der Waals surface area (Å²) in [5.74, 6) is -0.856. The molecule has 7 nitrogen and oxygen atoms in total. The van der Waals surface area contributed by atoms with Crippen LogP contribution in [-0.2, 0) is 15.8 Å². The maximum atomic E-state index is 12.4. The molecule has 0 saturated carbocycles. The Morgan fingerprint density at radius 1 is 1.29 bits per heavy atom. The zero-order chi connectivity index (χ0) is 18.0. The quantitative estimate of drug-likeness (QED) is 0.341. The Morgan fingerprint density at radius 2 is 2.04 bits per heavy atom. The molecule has 0 spiro atoms. The number of hydrogen-bond donors (Lipinski definition) is 3. The van der Waals surface area contributed by atoms with E-state index >= 15 is 0 Å². The van der Waals surface area contributed by atoms with E-state index in [4.69, 9.17) is 0 Å². The third kappa shape index (κ3) is 6.80. The molecule has 0 aliphatic heterocycles. The van der Waals surface area contributed by atoms with Gasteiger partial charge in [0, 0.05) is 6.54 Å². The SMILES string of the molecule is CCCCC[C@H](CNC=O)C(=O)NNc1ccc(C(F)(F)F)nn1. The van der Waals surface area contributed by atoms with Gasteiger partial charge < -0.3 is 5.32 Å². The predicted molar refractivity (Wildman–Crippen MR) is 80.5 cm³/mol. The van der Waals surface area contributed by atoms with Crippen molar-refractivity contribution in [3.63, 3.8) is 0 Å². The van der Waals surface area contributed by atoms with Gasteiger partial charge in [0.2, 0.25) is 12.3 Å². The number of nitrogens with zero attached hydrogens (tertiary/aromatic N) is 2. The highest BCUT2D eigenvalue weighted by atomic mass is 19.4.